The highest BCUT2D eigenvalue weighted by Crippen LogP contribution is 2.29. The molecule has 25 heavy (non-hydrogen) atoms. The Kier molecular flexibility index (Phi) is 5.68. The average molecular weight is 357 g/mol. The molecule has 3 nitrogen and oxygen atoms in total. The second kappa shape index (κ2) is 7.95. The van der Waals surface area contributed by atoms with E-state index in [0.717, 1.165) is 27.1 Å². The summed E-state index contributed by atoms with van der Waals surface area (Å²) in [5.41, 5.74) is 3.40. The Morgan fingerprint density at radius 2 is 1.84 bits per heavy atom. The van der Waals surface area contributed by atoms with E-state index in [4.69, 9.17) is 14.5 Å². The number of methoxy groups -OCH3 is 2. The number of pyridine rings is 1. The van der Waals surface area contributed by atoms with Gasteiger partial charge in [0.2, 0.25) is 0 Å². The summed E-state index contributed by atoms with van der Waals surface area (Å²) in [7, 11) is 3.24. The van der Waals surface area contributed by atoms with Crippen LogP contribution in [0.2, 0.25) is 0 Å². The van der Waals surface area contributed by atoms with Gasteiger partial charge in [-0.25, -0.2) is 9.37 Å². The number of nitrogens with zero attached hydrogens (tertiary/aromatic N) is 1. The number of hydrogen-bond acceptors (Lipinski definition) is 4. The van der Waals surface area contributed by atoms with Crippen molar-refractivity contribution in [2.75, 3.05) is 20.0 Å². The number of fused-ring (bicyclic) bond motifs is 1. The Morgan fingerprint density at radius 1 is 1.08 bits per heavy atom. The Balaban J connectivity index is 1.96. The standard InChI is InChI=1S/C20H20FNO2S/c1-13-10-19(25-12-20(23-2)24-3)22-18-11-14(8-9-15(13)18)16-6-4-5-7-17(16)21/h4-11,20H,12H2,1-3H3. The Bertz CT molecular complexity index is 881. The van der Waals surface area contributed by atoms with Crippen LogP contribution in [0.5, 0.6) is 0 Å². The Labute approximate surface area is 151 Å². The number of aromatic nitrogens is 1. The summed E-state index contributed by atoms with van der Waals surface area (Å²) in [6.07, 6.45) is -0.271. The van der Waals surface area contributed by atoms with E-state index in [1.54, 1.807) is 38.1 Å². The predicted octanol–water partition coefficient (Wildman–Crippen LogP) is 5.06. The van der Waals surface area contributed by atoms with Crippen molar-refractivity contribution in [3.63, 3.8) is 0 Å². The molecule has 130 valence electrons. The van der Waals surface area contributed by atoms with Gasteiger partial charge in [0.15, 0.2) is 6.29 Å². The number of halogens is 1. The van der Waals surface area contributed by atoms with E-state index in [1.807, 2.05) is 24.3 Å². The summed E-state index contributed by atoms with van der Waals surface area (Å²) < 4.78 is 24.5. The third kappa shape index (κ3) is 4.00. The van der Waals surface area contributed by atoms with Gasteiger partial charge in [0.05, 0.1) is 16.3 Å². The quantitative estimate of drug-likeness (QED) is 0.456. The summed E-state index contributed by atoms with van der Waals surface area (Å²) in [5.74, 6) is 0.421. The van der Waals surface area contributed by atoms with E-state index in [1.165, 1.54) is 6.07 Å². The summed E-state index contributed by atoms with van der Waals surface area (Å²) in [4.78, 5) is 4.72. The second-order valence-electron chi connectivity index (χ2n) is 5.70. The van der Waals surface area contributed by atoms with Crippen LogP contribution in [0, 0.1) is 12.7 Å². The van der Waals surface area contributed by atoms with Crippen LogP contribution in [0.1, 0.15) is 5.56 Å². The van der Waals surface area contributed by atoms with E-state index >= 15 is 0 Å². The maximum Gasteiger partial charge on any atom is 0.166 e. The molecule has 0 aliphatic rings. The molecule has 0 unspecified atom stereocenters. The Morgan fingerprint density at radius 3 is 2.56 bits per heavy atom. The molecule has 3 aromatic rings. The molecule has 0 N–H and O–H groups in total. The van der Waals surface area contributed by atoms with Crippen molar-refractivity contribution in [2.45, 2.75) is 18.2 Å². The van der Waals surface area contributed by atoms with Crippen LogP contribution in [0.3, 0.4) is 0 Å². The predicted molar refractivity (Wildman–Crippen MR) is 100 cm³/mol. The molecule has 0 saturated carbocycles. The minimum absolute atomic E-state index is 0.230. The minimum atomic E-state index is -0.271. The first-order valence-corrected chi connectivity index (χ1v) is 8.95. The highest BCUT2D eigenvalue weighted by atomic mass is 32.2. The fraction of sp³-hybridized carbons (Fsp3) is 0.250. The van der Waals surface area contributed by atoms with Gasteiger partial charge in [-0.1, -0.05) is 30.3 Å². The van der Waals surface area contributed by atoms with E-state index in [2.05, 4.69) is 13.0 Å². The highest BCUT2D eigenvalue weighted by Gasteiger charge is 2.10. The largest absolute Gasteiger partial charge is 0.355 e. The molecule has 0 bridgehead atoms. The number of thioether (sulfide) groups is 1. The monoisotopic (exact) mass is 357 g/mol. The van der Waals surface area contributed by atoms with Crippen molar-refractivity contribution in [1.82, 2.24) is 4.98 Å². The van der Waals surface area contributed by atoms with Gasteiger partial charge >= 0.3 is 0 Å². The summed E-state index contributed by atoms with van der Waals surface area (Å²) in [6.45, 7) is 2.06. The molecular formula is C20H20FNO2S. The molecule has 0 amide bonds. The van der Waals surface area contributed by atoms with Crippen molar-refractivity contribution in [1.29, 1.82) is 0 Å². The molecule has 3 rings (SSSR count). The third-order valence-corrected chi connectivity index (χ3v) is 5.01. The Hall–Kier alpha value is -1.95. The van der Waals surface area contributed by atoms with Crippen LogP contribution in [-0.2, 0) is 9.47 Å². The zero-order valence-corrected chi connectivity index (χ0v) is 15.3. The fourth-order valence-electron chi connectivity index (χ4n) is 2.69. The topological polar surface area (TPSA) is 31.4 Å². The summed E-state index contributed by atoms with van der Waals surface area (Å²) in [6, 6.07) is 14.7. The van der Waals surface area contributed by atoms with Crippen molar-refractivity contribution >= 4 is 22.7 Å². The zero-order valence-electron chi connectivity index (χ0n) is 14.5. The van der Waals surface area contributed by atoms with Gasteiger partial charge in [0.1, 0.15) is 5.82 Å². The second-order valence-corrected chi connectivity index (χ2v) is 6.74. The van der Waals surface area contributed by atoms with Gasteiger partial charge < -0.3 is 9.47 Å². The molecule has 1 heterocycles. The van der Waals surface area contributed by atoms with E-state index in [-0.39, 0.29) is 12.1 Å². The van der Waals surface area contributed by atoms with E-state index in [9.17, 15) is 4.39 Å². The zero-order chi connectivity index (χ0) is 17.8. The van der Waals surface area contributed by atoms with Gasteiger partial charge in [-0.2, -0.15) is 0 Å². The fourth-order valence-corrected chi connectivity index (χ4v) is 3.70. The van der Waals surface area contributed by atoms with Crippen LogP contribution >= 0.6 is 11.8 Å². The van der Waals surface area contributed by atoms with Crippen LogP contribution in [-0.4, -0.2) is 31.2 Å². The third-order valence-electron chi connectivity index (χ3n) is 4.07. The van der Waals surface area contributed by atoms with Gasteiger partial charge in [0.25, 0.3) is 0 Å². The van der Waals surface area contributed by atoms with Crippen LogP contribution in [0.15, 0.2) is 53.6 Å². The number of hydrogen-bond donors (Lipinski definition) is 0. The first kappa shape index (κ1) is 17.9. The lowest BCUT2D eigenvalue weighted by molar-refractivity contribution is -0.0842. The van der Waals surface area contributed by atoms with Crippen LogP contribution in [0.25, 0.3) is 22.0 Å². The van der Waals surface area contributed by atoms with E-state index < -0.39 is 0 Å². The number of rotatable bonds is 6. The lowest BCUT2D eigenvalue weighted by Crippen LogP contribution is -2.15. The van der Waals surface area contributed by atoms with Crippen molar-refractivity contribution in [3.8, 4) is 11.1 Å². The first-order valence-electron chi connectivity index (χ1n) is 7.97. The molecule has 5 heteroatoms. The molecule has 1 aromatic heterocycles. The van der Waals surface area contributed by atoms with Gasteiger partial charge in [-0.3, -0.25) is 0 Å². The number of benzene rings is 2. The minimum Gasteiger partial charge on any atom is -0.355 e. The maximum atomic E-state index is 14.1. The SMILES string of the molecule is COC(CSc1cc(C)c2ccc(-c3ccccc3F)cc2n1)OC. The van der Waals surface area contributed by atoms with Crippen molar-refractivity contribution in [3.05, 3.63) is 59.9 Å². The van der Waals surface area contributed by atoms with Crippen LogP contribution in [0.4, 0.5) is 4.39 Å². The van der Waals surface area contributed by atoms with Crippen molar-refractivity contribution in [2.24, 2.45) is 0 Å². The lowest BCUT2D eigenvalue weighted by Gasteiger charge is -2.13. The summed E-state index contributed by atoms with van der Waals surface area (Å²) in [5, 5.41) is 1.97. The first-order chi connectivity index (χ1) is 12.1. The number of ether oxygens (including phenoxy) is 2. The van der Waals surface area contributed by atoms with Crippen molar-refractivity contribution < 1.29 is 13.9 Å². The van der Waals surface area contributed by atoms with Gasteiger partial charge in [-0.05, 0) is 36.2 Å². The smallest absolute Gasteiger partial charge is 0.166 e. The van der Waals surface area contributed by atoms with E-state index in [0.29, 0.717) is 11.3 Å². The lowest BCUT2D eigenvalue weighted by atomic mass is 10.0. The molecule has 2 aromatic carbocycles. The maximum absolute atomic E-state index is 14.1. The molecule has 0 saturated heterocycles. The molecule has 0 fully saturated rings. The molecule has 0 spiro atoms. The van der Waals surface area contributed by atoms with Crippen LogP contribution < -0.4 is 0 Å². The molecule has 0 radical (unpaired) electrons. The molecule has 0 aliphatic carbocycles. The molecule has 0 atom stereocenters. The summed E-state index contributed by atoms with van der Waals surface area (Å²) >= 11 is 1.58. The molecular weight excluding hydrogens is 337 g/mol. The molecule has 0 aliphatic heterocycles. The average Bonchev–Trinajstić information content (AvgIpc) is 2.62. The van der Waals surface area contributed by atoms with Gasteiger partial charge in [0, 0.05) is 25.2 Å². The van der Waals surface area contributed by atoms with Gasteiger partial charge in [-0.15, -0.1) is 11.8 Å². The number of aryl methyl sites for hydroxylation is 1. The highest BCUT2D eigenvalue weighted by molar-refractivity contribution is 7.99. The normalized spacial score (nSPS) is 11.4.